The van der Waals surface area contributed by atoms with E-state index in [1.807, 2.05) is 0 Å². The molecule has 0 saturated heterocycles. The molecule has 0 aliphatic rings. The molecule has 0 saturated carbocycles. The molecular weight excluding hydrogens is 446 g/mol. The van der Waals surface area contributed by atoms with E-state index < -0.39 is 16.0 Å². The maximum atomic E-state index is 12.5. The summed E-state index contributed by atoms with van der Waals surface area (Å²) in [6, 6.07) is 5.10. The number of nitrogens with one attached hydrogen (secondary N) is 1. The highest BCUT2D eigenvalue weighted by atomic mass is 79.9. The molecule has 2 rings (SSSR count). The van der Waals surface area contributed by atoms with Crippen LogP contribution in [0.4, 0.5) is 5.69 Å². The molecule has 1 aromatic carbocycles. The molecule has 0 atom stereocenters. The van der Waals surface area contributed by atoms with E-state index in [0.717, 1.165) is 11.3 Å². The normalized spacial score (nSPS) is 11.4. The van der Waals surface area contributed by atoms with Crippen molar-refractivity contribution in [1.29, 1.82) is 0 Å². The van der Waals surface area contributed by atoms with Crippen molar-refractivity contribution in [3.8, 4) is 0 Å². The second-order valence-corrected chi connectivity index (χ2v) is 8.29. The van der Waals surface area contributed by atoms with Crippen LogP contribution in [0.5, 0.6) is 0 Å². The van der Waals surface area contributed by atoms with E-state index in [0.29, 0.717) is 20.2 Å². The van der Waals surface area contributed by atoms with E-state index in [1.165, 1.54) is 5.38 Å². The number of hydrogen-bond acceptors (Lipinski definition) is 4. The van der Waals surface area contributed by atoms with Gasteiger partial charge in [-0.05, 0) is 61.9 Å². The second kappa shape index (κ2) is 6.07. The van der Waals surface area contributed by atoms with Crippen LogP contribution in [0.15, 0.2) is 37.4 Å². The number of para-hydroxylation sites is 1. The number of hydrogen-bond donors (Lipinski definition) is 2. The summed E-state index contributed by atoms with van der Waals surface area (Å²) in [5.41, 5.74) is 0.715. The van der Waals surface area contributed by atoms with Crippen LogP contribution in [0, 0.1) is 6.92 Å². The quantitative estimate of drug-likeness (QED) is 0.728. The number of sulfonamides is 1. The minimum absolute atomic E-state index is 0.205. The van der Waals surface area contributed by atoms with Gasteiger partial charge in [-0.25, -0.2) is 13.2 Å². The molecule has 2 aromatic rings. The van der Waals surface area contributed by atoms with E-state index in [2.05, 4.69) is 36.6 Å². The van der Waals surface area contributed by atoms with E-state index in [4.69, 9.17) is 5.11 Å². The Labute approximate surface area is 142 Å². The molecule has 1 aromatic heterocycles. The summed E-state index contributed by atoms with van der Waals surface area (Å²) in [6.07, 6.45) is 0. The van der Waals surface area contributed by atoms with Crippen molar-refractivity contribution >= 4 is 64.9 Å². The van der Waals surface area contributed by atoms with Crippen LogP contribution in [0.1, 0.15) is 15.2 Å². The van der Waals surface area contributed by atoms with Gasteiger partial charge in [-0.3, -0.25) is 4.72 Å². The Bertz CT molecular complexity index is 794. The highest BCUT2D eigenvalue weighted by molar-refractivity contribution is 9.11. The smallest absolute Gasteiger partial charge is 0.347 e. The van der Waals surface area contributed by atoms with Gasteiger partial charge in [0.2, 0.25) is 0 Å². The van der Waals surface area contributed by atoms with Gasteiger partial charge >= 0.3 is 5.97 Å². The van der Waals surface area contributed by atoms with Gasteiger partial charge in [-0.2, -0.15) is 0 Å². The number of anilines is 1. The summed E-state index contributed by atoms with van der Waals surface area (Å²) in [5.74, 6) is -1.26. The Kier molecular flexibility index (Phi) is 4.76. The number of carboxylic acid groups (broad SMARTS) is 1. The molecule has 0 aliphatic heterocycles. The van der Waals surface area contributed by atoms with E-state index >= 15 is 0 Å². The van der Waals surface area contributed by atoms with Crippen molar-refractivity contribution in [2.45, 2.75) is 11.8 Å². The van der Waals surface area contributed by atoms with Crippen LogP contribution in [-0.4, -0.2) is 19.5 Å². The van der Waals surface area contributed by atoms with Crippen LogP contribution < -0.4 is 4.72 Å². The zero-order chi connectivity index (χ0) is 15.8. The number of carboxylic acids is 1. The van der Waals surface area contributed by atoms with Gasteiger partial charge in [-0.1, -0.05) is 6.07 Å². The molecule has 0 bridgehead atoms. The fraction of sp³-hybridized carbons (Fsp3) is 0.0833. The van der Waals surface area contributed by atoms with Crippen molar-refractivity contribution in [3.05, 3.63) is 43.0 Å². The molecule has 21 heavy (non-hydrogen) atoms. The Hall–Kier alpha value is -0.900. The molecule has 0 radical (unpaired) electrons. The zero-order valence-corrected chi connectivity index (χ0v) is 15.4. The molecule has 2 N–H and O–H groups in total. The molecule has 0 fully saturated rings. The summed E-state index contributed by atoms with van der Waals surface area (Å²) in [4.78, 5) is 10.8. The maximum Gasteiger partial charge on any atom is 0.347 e. The third kappa shape index (κ3) is 3.31. The van der Waals surface area contributed by atoms with Gasteiger partial charge in [0.25, 0.3) is 10.0 Å². The molecule has 1 heterocycles. The first-order valence-electron chi connectivity index (χ1n) is 5.52. The fourth-order valence-corrected chi connectivity index (χ4v) is 5.89. The molecular formula is C12H9Br2NO4S2. The minimum atomic E-state index is -4.00. The number of rotatable bonds is 4. The van der Waals surface area contributed by atoms with Crippen LogP contribution in [-0.2, 0) is 10.0 Å². The van der Waals surface area contributed by atoms with E-state index in [9.17, 15) is 13.2 Å². The Morgan fingerprint density at radius 1 is 1.29 bits per heavy atom. The van der Waals surface area contributed by atoms with Gasteiger partial charge in [0.1, 0.15) is 9.77 Å². The van der Waals surface area contributed by atoms with Gasteiger partial charge in [0.15, 0.2) is 0 Å². The monoisotopic (exact) mass is 453 g/mol. The lowest BCUT2D eigenvalue weighted by atomic mass is 10.3. The summed E-state index contributed by atoms with van der Waals surface area (Å²) < 4.78 is 28.5. The summed E-state index contributed by atoms with van der Waals surface area (Å²) in [7, 11) is -4.00. The highest BCUT2D eigenvalue weighted by Gasteiger charge is 2.27. The number of halogens is 2. The number of aryl methyl sites for hydroxylation is 1. The third-order valence-electron chi connectivity index (χ3n) is 2.58. The molecule has 0 aliphatic carbocycles. The Morgan fingerprint density at radius 3 is 2.38 bits per heavy atom. The van der Waals surface area contributed by atoms with Crippen LogP contribution in [0.2, 0.25) is 0 Å². The first-order valence-corrected chi connectivity index (χ1v) is 9.47. The first-order chi connectivity index (χ1) is 9.74. The Morgan fingerprint density at radius 2 is 1.86 bits per heavy atom. The molecule has 0 spiro atoms. The SMILES string of the molecule is Cc1csc(C(=O)O)c1S(=O)(=O)Nc1c(Br)cccc1Br. The number of benzene rings is 1. The average Bonchev–Trinajstić information content (AvgIpc) is 2.77. The van der Waals surface area contributed by atoms with Gasteiger partial charge in [0.05, 0.1) is 5.69 Å². The van der Waals surface area contributed by atoms with Crippen molar-refractivity contribution in [2.24, 2.45) is 0 Å². The highest BCUT2D eigenvalue weighted by Crippen LogP contribution is 2.34. The lowest BCUT2D eigenvalue weighted by Gasteiger charge is -2.12. The number of carbonyl (C=O) groups is 1. The van der Waals surface area contributed by atoms with E-state index in [1.54, 1.807) is 25.1 Å². The van der Waals surface area contributed by atoms with Crippen LogP contribution >= 0.6 is 43.2 Å². The first kappa shape index (κ1) is 16.5. The predicted octanol–water partition coefficient (Wildman–Crippen LogP) is 4.08. The molecule has 5 nitrogen and oxygen atoms in total. The number of thiophene rings is 1. The Balaban J connectivity index is 2.54. The van der Waals surface area contributed by atoms with Crippen molar-refractivity contribution in [2.75, 3.05) is 4.72 Å². The van der Waals surface area contributed by atoms with Crippen molar-refractivity contribution in [3.63, 3.8) is 0 Å². The van der Waals surface area contributed by atoms with Crippen LogP contribution in [0.25, 0.3) is 0 Å². The summed E-state index contributed by atoms with van der Waals surface area (Å²) in [6.45, 7) is 1.56. The minimum Gasteiger partial charge on any atom is -0.477 e. The summed E-state index contributed by atoms with van der Waals surface area (Å²) >= 11 is 7.40. The molecule has 0 unspecified atom stereocenters. The number of aromatic carboxylic acids is 1. The van der Waals surface area contributed by atoms with E-state index in [-0.39, 0.29) is 9.77 Å². The molecule has 0 amide bonds. The fourth-order valence-electron chi connectivity index (χ4n) is 1.70. The topological polar surface area (TPSA) is 83.5 Å². The average molecular weight is 455 g/mol. The van der Waals surface area contributed by atoms with Gasteiger partial charge in [-0.15, -0.1) is 11.3 Å². The van der Waals surface area contributed by atoms with Gasteiger partial charge in [0, 0.05) is 8.95 Å². The van der Waals surface area contributed by atoms with Crippen molar-refractivity contribution < 1.29 is 18.3 Å². The standard InChI is InChI=1S/C12H9Br2NO4S2/c1-6-5-20-10(12(16)17)11(6)21(18,19)15-9-7(13)3-2-4-8(9)14/h2-5,15H,1H3,(H,16,17). The molecule has 112 valence electrons. The van der Waals surface area contributed by atoms with Crippen LogP contribution in [0.3, 0.4) is 0 Å². The summed E-state index contributed by atoms with van der Waals surface area (Å²) in [5, 5.41) is 10.6. The van der Waals surface area contributed by atoms with Crippen molar-refractivity contribution in [1.82, 2.24) is 0 Å². The third-order valence-corrected chi connectivity index (χ3v) is 6.65. The lowest BCUT2D eigenvalue weighted by molar-refractivity contribution is 0.0698. The lowest BCUT2D eigenvalue weighted by Crippen LogP contribution is -2.17. The largest absolute Gasteiger partial charge is 0.477 e. The maximum absolute atomic E-state index is 12.5. The second-order valence-electron chi connectivity index (χ2n) is 4.08. The predicted molar refractivity (Wildman–Crippen MR) is 88.7 cm³/mol. The van der Waals surface area contributed by atoms with Gasteiger partial charge < -0.3 is 5.11 Å². The molecule has 9 heteroatoms. The zero-order valence-electron chi connectivity index (χ0n) is 10.6.